The van der Waals surface area contributed by atoms with E-state index in [0.717, 1.165) is 25.7 Å². The minimum Gasteiger partial charge on any atom is -0.338 e. The maximum absolute atomic E-state index is 12.1. The van der Waals surface area contributed by atoms with Gasteiger partial charge in [0.25, 0.3) is 5.91 Å². The molecule has 0 aromatic carbocycles. The first-order valence-electron chi connectivity index (χ1n) is 8.28. The zero-order valence-electron chi connectivity index (χ0n) is 12.7. The lowest BCUT2D eigenvalue weighted by atomic mass is 9.87. The Morgan fingerprint density at radius 2 is 1.91 bits per heavy atom. The maximum Gasteiger partial charge on any atom is 0.322 e. The summed E-state index contributed by atoms with van der Waals surface area (Å²) in [4.78, 5) is 35.5. The molecule has 1 aliphatic heterocycles. The van der Waals surface area contributed by atoms with E-state index in [0.29, 0.717) is 13.0 Å². The summed E-state index contributed by atoms with van der Waals surface area (Å²) in [5.74, 6) is -0.300. The van der Waals surface area contributed by atoms with E-state index >= 15 is 0 Å². The molecule has 0 bridgehead atoms. The first-order valence-corrected chi connectivity index (χ1v) is 8.28. The molecule has 122 valence electrons. The molecule has 1 spiro atoms. The van der Waals surface area contributed by atoms with Gasteiger partial charge >= 0.3 is 12.1 Å². The lowest BCUT2D eigenvalue weighted by Gasteiger charge is -2.29. The summed E-state index contributed by atoms with van der Waals surface area (Å²) in [7, 11) is 0. The molecular formula is C15H24N4O3. The van der Waals surface area contributed by atoms with Crippen molar-refractivity contribution >= 4 is 18.0 Å². The van der Waals surface area contributed by atoms with Crippen molar-refractivity contribution in [3.63, 3.8) is 0 Å². The van der Waals surface area contributed by atoms with Crippen LogP contribution in [0.5, 0.6) is 0 Å². The molecule has 0 aromatic heterocycles. The molecule has 1 saturated heterocycles. The number of hydrogen-bond acceptors (Lipinski definition) is 3. The molecule has 3 fully saturated rings. The molecule has 3 rings (SSSR count). The molecule has 7 nitrogen and oxygen atoms in total. The van der Waals surface area contributed by atoms with Crippen LogP contribution < -0.4 is 21.3 Å². The third-order valence-electron chi connectivity index (χ3n) is 5.24. The Morgan fingerprint density at radius 3 is 2.59 bits per heavy atom. The molecule has 7 heteroatoms. The Kier molecular flexibility index (Phi) is 4.22. The topological polar surface area (TPSA) is 99.3 Å². The number of urea groups is 2. The van der Waals surface area contributed by atoms with Crippen molar-refractivity contribution in [1.29, 1.82) is 0 Å². The van der Waals surface area contributed by atoms with Crippen molar-refractivity contribution in [2.24, 2.45) is 5.92 Å². The Morgan fingerprint density at radius 1 is 1.14 bits per heavy atom. The van der Waals surface area contributed by atoms with Crippen LogP contribution >= 0.6 is 0 Å². The van der Waals surface area contributed by atoms with Crippen LogP contribution in [0.4, 0.5) is 9.59 Å². The van der Waals surface area contributed by atoms with E-state index in [-0.39, 0.29) is 23.9 Å². The van der Waals surface area contributed by atoms with Crippen molar-refractivity contribution in [2.75, 3.05) is 6.54 Å². The molecule has 3 aliphatic rings. The van der Waals surface area contributed by atoms with Gasteiger partial charge in [0.05, 0.1) is 0 Å². The largest absolute Gasteiger partial charge is 0.338 e. The molecule has 0 unspecified atom stereocenters. The summed E-state index contributed by atoms with van der Waals surface area (Å²) in [5.41, 5.74) is -0.824. The molecule has 1 heterocycles. The molecule has 0 aromatic rings. The minimum atomic E-state index is -0.824. The highest BCUT2D eigenvalue weighted by Gasteiger charge is 2.54. The van der Waals surface area contributed by atoms with Gasteiger partial charge in [0.2, 0.25) is 0 Å². The van der Waals surface area contributed by atoms with Crippen LogP contribution in [0.25, 0.3) is 0 Å². The van der Waals surface area contributed by atoms with E-state index in [2.05, 4.69) is 21.3 Å². The summed E-state index contributed by atoms with van der Waals surface area (Å²) in [6.07, 6.45) is 8.02. The maximum atomic E-state index is 12.1. The molecule has 22 heavy (non-hydrogen) atoms. The fraction of sp³-hybridized carbons (Fsp3) is 0.800. The number of rotatable bonds is 3. The summed E-state index contributed by atoms with van der Waals surface area (Å²) >= 11 is 0. The van der Waals surface area contributed by atoms with Crippen LogP contribution in [0.3, 0.4) is 0 Å². The molecule has 0 radical (unpaired) electrons. The SMILES string of the molecule is O=C(NC[C@H]1CCC[C@@]12NC(=O)NC2=O)NC1CCCCC1. The smallest absolute Gasteiger partial charge is 0.322 e. The van der Waals surface area contributed by atoms with E-state index in [4.69, 9.17) is 0 Å². The molecule has 2 aliphatic carbocycles. The third-order valence-corrected chi connectivity index (χ3v) is 5.24. The van der Waals surface area contributed by atoms with Crippen LogP contribution in [0.1, 0.15) is 51.4 Å². The van der Waals surface area contributed by atoms with Gasteiger partial charge in [-0.3, -0.25) is 10.1 Å². The summed E-state index contributed by atoms with van der Waals surface area (Å²) < 4.78 is 0. The molecule has 4 N–H and O–H groups in total. The minimum absolute atomic E-state index is 0.0453. The van der Waals surface area contributed by atoms with Gasteiger partial charge in [-0.25, -0.2) is 9.59 Å². The van der Waals surface area contributed by atoms with Gasteiger partial charge in [0, 0.05) is 18.5 Å². The highest BCUT2D eigenvalue weighted by atomic mass is 16.2. The van der Waals surface area contributed by atoms with Gasteiger partial charge in [-0.15, -0.1) is 0 Å². The molecule has 2 saturated carbocycles. The van der Waals surface area contributed by atoms with Crippen molar-refractivity contribution < 1.29 is 14.4 Å². The second-order valence-electron chi connectivity index (χ2n) is 6.66. The number of nitrogens with one attached hydrogen (secondary N) is 4. The van der Waals surface area contributed by atoms with Crippen LogP contribution in [0.15, 0.2) is 0 Å². The zero-order valence-corrected chi connectivity index (χ0v) is 12.7. The lowest BCUT2D eigenvalue weighted by Crippen LogP contribution is -2.54. The van der Waals surface area contributed by atoms with Gasteiger partial charge < -0.3 is 16.0 Å². The van der Waals surface area contributed by atoms with Crippen molar-refractivity contribution in [3.8, 4) is 0 Å². The van der Waals surface area contributed by atoms with E-state index < -0.39 is 11.6 Å². The van der Waals surface area contributed by atoms with Crippen LogP contribution in [-0.2, 0) is 4.79 Å². The van der Waals surface area contributed by atoms with Crippen molar-refractivity contribution in [2.45, 2.75) is 62.9 Å². The van der Waals surface area contributed by atoms with Crippen LogP contribution in [0, 0.1) is 5.92 Å². The molecule has 2 atom stereocenters. The Bertz CT molecular complexity index is 475. The Hall–Kier alpha value is -1.79. The van der Waals surface area contributed by atoms with Gasteiger partial charge in [-0.1, -0.05) is 25.7 Å². The quantitative estimate of drug-likeness (QED) is 0.585. The predicted octanol–water partition coefficient (Wildman–Crippen LogP) is 0.997. The third kappa shape index (κ3) is 2.89. The summed E-state index contributed by atoms with van der Waals surface area (Å²) in [6, 6.07) is -0.331. The normalized spacial score (nSPS) is 31.9. The first-order chi connectivity index (χ1) is 10.6. The van der Waals surface area contributed by atoms with E-state index in [1.54, 1.807) is 0 Å². The van der Waals surface area contributed by atoms with E-state index in [1.807, 2.05) is 0 Å². The summed E-state index contributed by atoms with van der Waals surface area (Å²) in [5, 5.41) is 11.0. The molecule has 5 amide bonds. The van der Waals surface area contributed by atoms with E-state index in [9.17, 15) is 14.4 Å². The van der Waals surface area contributed by atoms with Crippen molar-refractivity contribution in [1.82, 2.24) is 21.3 Å². The second kappa shape index (κ2) is 6.14. The second-order valence-corrected chi connectivity index (χ2v) is 6.66. The zero-order chi connectivity index (χ0) is 15.6. The standard InChI is InChI=1S/C15H24N4O3/c20-12-15(19-14(22)18-12)8-4-5-10(15)9-16-13(21)17-11-6-2-1-3-7-11/h10-11H,1-9H2,(H2,16,17,21)(H2,18,19,20,22)/t10-,15-/m1/s1. The van der Waals surface area contributed by atoms with Gasteiger partial charge in [0.1, 0.15) is 5.54 Å². The molecular weight excluding hydrogens is 284 g/mol. The highest BCUT2D eigenvalue weighted by molar-refractivity contribution is 6.07. The number of carbonyl (C=O) groups is 3. The Labute approximate surface area is 130 Å². The van der Waals surface area contributed by atoms with Crippen molar-refractivity contribution in [3.05, 3.63) is 0 Å². The van der Waals surface area contributed by atoms with Crippen LogP contribution in [-0.4, -0.2) is 36.1 Å². The first kappa shape index (κ1) is 15.1. The summed E-state index contributed by atoms with van der Waals surface area (Å²) in [6.45, 7) is 0.409. The number of imide groups is 1. The number of hydrogen-bond donors (Lipinski definition) is 4. The lowest BCUT2D eigenvalue weighted by molar-refractivity contribution is -0.125. The fourth-order valence-corrected chi connectivity index (χ4v) is 4.02. The number of carbonyl (C=O) groups excluding carboxylic acids is 3. The fourth-order valence-electron chi connectivity index (χ4n) is 4.02. The number of amides is 5. The monoisotopic (exact) mass is 308 g/mol. The van der Waals surface area contributed by atoms with Gasteiger partial charge in [-0.05, 0) is 25.7 Å². The Balaban J connectivity index is 1.51. The van der Waals surface area contributed by atoms with Crippen LogP contribution in [0.2, 0.25) is 0 Å². The van der Waals surface area contributed by atoms with Gasteiger partial charge in [-0.2, -0.15) is 0 Å². The van der Waals surface area contributed by atoms with E-state index in [1.165, 1.54) is 19.3 Å². The predicted molar refractivity (Wildman–Crippen MR) is 80.2 cm³/mol. The average molecular weight is 308 g/mol. The average Bonchev–Trinajstić information content (AvgIpc) is 3.02. The van der Waals surface area contributed by atoms with Gasteiger partial charge in [0.15, 0.2) is 0 Å². The highest BCUT2D eigenvalue weighted by Crippen LogP contribution is 2.37.